The first-order valence-electron chi connectivity index (χ1n) is 9.42. The average Bonchev–Trinajstić information content (AvgIpc) is 2.64. The Labute approximate surface area is 164 Å². The van der Waals surface area contributed by atoms with Gasteiger partial charge in [-0.05, 0) is 40.2 Å². The molecule has 3 saturated carbocycles. The van der Waals surface area contributed by atoms with Crippen LogP contribution in [0.1, 0.15) is 34.1 Å². The Morgan fingerprint density at radius 2 is 1.86 bits per heavy atom. The smallest absolute Gasteiger partial charge is 0.178 e. The highest BCUT2D eigenvalue weighted by molar-refractivity contribution is 6.22. The molecule has 0 aromatic rings. The van der Waals surface area contributed by atoms with E-state index >= 15 is 0 Å². The van der Waals surface area contributed by atoms with Gasteiger partial charge in [0.05, 0.1) is 30.1 Å². The molecule has 4 rings (SSSR count). The predicted octanol–water partition coefficient (Wildman–Crippen LogP) is 0.988. The molecule has 2 bridgehead atoms. The molecule has 0 aromatic heterocycles. The van der Waals surface area contributed by atoms with E-state index in [9.17, 15) is 30.0 Å². The summed E-state index contributed by atoms with van der Waals surface area (Å²) in [5, 5.41) is 42.9. The fourth-order valence-electron chi connectivity index (χ4n) is 5.27. The molecule has 3 aliphatic carbocycles. The second-order valence-electron chi connectivity index (χ2n) is 8.77. The van der Waals surface area contributed by atoms with Gasteiger partial charge < -0.3 is 25.2 Å². The Hall–Kier alpha value is -1.80. The molecule has 0 amide bonds. The number of hydrogen-bond donors (Lipinski definition) is 4. The molecular weight excluding hydrogens is 364 g/mol. The minimum absolute atomic E-state index is 0.0724. The zero-order valence-electron chi connectivity index (χ0n) is 16.6. The number of ketones is 2. The summed E-state index contributed by atoms with van der Waals surface area (Å²) in [4.78, 5) is 26.5. The van der Waals surface area contributed by atoms with Crippen LogP contribution in [-0.4, -0.2) is 62.0 Å². The summed E-state index contributed by atoms with van der Waals surface area (Å²) in [6.45, 7) is 5.50. The Bertz CT molecular complexity index is 808. The van der Waals surface area contributed by atoms with Crippen molar-refractivity contribution in [2.75, 3.05) is 13.2 Å². The minimum Gasteiger partial charge on any atom is -0.508 e. The van der Waals surface area contributed by atoms with Crippen LogP contribution in [0.25, 0.3) is 0 Å². The van der Waals surface area contributed by atoms with Gasteiger partial charge in [-0.25, -0.2) is 0 Å². The van der Waals surface area contributed by atoms with E-state index in [1.165, 1.54) is 26.0 Å². The Balaban J connectivity index is 2.24. The van der Waals surface area contributed by atoms with E-state index < -0.39 is 51.4 Å². The molecule has 4 aliphatic rings. The molecular formula is C21H28O7. The van der Waals surface area contributed by atoms with Gasteiger partial charge in [0.2, 0.25) is 0 Å². The third-order valence-electron chi connectivity index (χ3n) is 6.75. The number of Topliss-reactive ketones (excluding diaryl/α,β-unsaturated/α-hetero) is 2. The highest BCUT2D eigenvalue weighted by Crippen LogP contribution is 2.64. The van der Waals surface area contributed by atoms with Crippen LogP contribution in [0.2, 0.25) is 0 Å². The Morgan fingerprint density at radius 1 is 1.21 bits per heavy atom. The molecule has 0 aromatic carbocycles. The molecule has 1 heterocycles. The van der Waals surface area contributed by atoms with Crippen molar-refractivity contribution in [2.45, 2.75) is 50.9 Å². The third-order valence-corrected chi connectivity index (χ3v) is 6.75. The highest BCUT2D eigenvalue weighted by Gasteiger charge is 2.78. The van der Waals surface area contributed by atoms with Crippen molar-refractivity contribution >= 4 is 11.6 Å². The maximum absolute atomic E-state index is 13.4. The highest BCUT2D eigenvalue weighted by atomic mass is 16.5. The summed E-state index contributed by atoms with van der Waals surface area (Å²) in [5.74, 6) is -3.87. The summed E-state index contributed by atoms with van der Waals surface area (Å²) in [6.07, 6.45) is 6.29. The number of allylic oxidation sites excluding steroid dienone is 4. The predicted molar refractivity (Wildman–Crippen MR) is 100 cm³/mol. The van der Waals surface area contributed by atoms with E-state index in [-0.39, 0.29) is 25.2 Å². The van der Waals surface area contributed by atoms with Gasteiger partial charge >= 0.3 is 0 Å². The van der Waals surface area contributed by atoms with Gasteiger partial charge in [-0.2, -0.15) is 0 Å². The summed E-state index contributed by atoms with van der Waals surface area (Å²) in [5.41, 5.74) is -6.72. The topological polar surface area (TPSA) is 124 Å². The monoisotopic (exact) mass is 392 g/mol. The standard InChI is InChI=1S/C21H28O7/c1-5-6-7-8-12(23)14-15-20(4,26)17(25)19(3,16(14)24)13-9-18(2,10-22)28-11-21(13,15)27/h5-8,13,15,22-23,26-27H,9-11H2,1-4H3/b6-5+,8-7+,14-12-/t13-,15+,18+,19-,20?,21+/m1/s1. The van der Waals surface area contributed by atoms with Crippen LogP contribution in [0.4, 0.5) is 0 Å². The number of aliphatic hydroxyl groups excluding tert-OH is 2. The molecule has 1 unspecified atom stereocenters. The van der Waals surface area contributed by atoms with Crippen molar-refractivity contribution in [2.24, 2.45) is 17.3 Å². The third kappa shape index (κ3) is 2.50. The number of hydrogen-bond acceptors (Lipinski definition) is 7. The number of carbonyl (C=O) groups is 2. The molecule has 6 atom stereocenters. The van der Waals surface area contributed by atoms with E-state index in [0.29, 0.717) is 0 Å². The van der Waals surface area contributed by atoms with Gasteiger partial charge in [-0.15, -0.1) is 0 Å². The second kappa shape index (κ2) is 6.35. The summed E-state index contributed by atoms with van der Waals surface area (Å²) >= 11 is 0. The van der Waals surface area contributed by atoms with E-state index in [4.69, 9.17) is 4.74 Å². The van der Waals surface area contributed by atoms with Crippen LogP contribution in [0, 0.1) is 17.3 Å². The molecule has 0 radical (unpaired) electrons. The summed E-state index contributed by atoms with van der Waals surface area (Å²) in [6, 6.07) is 0. The Kier molecular flexibility index (Phi) is 4.75. The van der Waals surface area contributed by atoms with E-state index in [2.05, 4.69) is 0 Å². The largest absolute Gasteiger partial charge is 0.508 e. The molecule has 4 fully saturated rings. The number of rotatable bonds is 3. The SMILES string of the molecule is C/C=C/C=C/C(O)=C1/C(=O)[C@]2(C)C(=O)C(C)(O)[C@H]1[C@]1(O)CO[C@](C)(CO)C[C@H]21. The van der Waals surface area contributed by atoms with Crippen LogP contribution in [0.3, 0.4) is 0 Å². The molecule has 7 heteroatoms. The van der Waals surface area contributed by atoms with Crippen molar-refractivity contribution in [1.29, 1.82) is 0 Å². The molecule has 4 N–H and O–H groups in total. The fourth-order valence-corrected chi connectivity index (χ4v) is 5.27. The first-order chi connectivity index (χ1) is 12.9. The maximum Gasteiger partial charge on any atom is 0.178 e. The second-order valence-corrected chi connectivity index (χ2v) is 8.77. The lowest BCUT2D eigenvalue weighted by Gasteiger charge is -2.65. The minimum atomic E-state index is -2.05. The van der Waals surface area contributed by atoms with Gasteiger partial charge in [0.1, 0.15) is 17.0 Å². The number of ether oxygens (including phenoxy) is 1. The molecule has 154 valence electrons. The van der Waals surface area contributed by atoms with Crippen molar-refractivity contribution in [3.63, 3.8) is 0 Å². The molecule has 1 aliphatic heterocycles. The fraction of sp³-hybridized carbons (Fsp3) is 0.619. The molecule has 0 spiro atoms. The van der Waals surface area contributed by atoms with Crippen LogP contribution >= 0.6 is 0 Å². The quantitative estimate of drug-likeness (QED) is 0.244. The first kappa shape index (κ1) is 20.9. The van der Waals surface area contributed by atoms with Crippen molar-refractivity contribution in [1.82, 2.24) is 0 Å². The van der Waals surface area contributed by atoms with E-state index in [1.807, 2.05) is 0 Å². The van der Waals surface area contributed by atoms with Gasteiger partial charge in [0, 0.05) is 11.5 Å². The first-order valence-corrected chi connectivity index (χ1v) is 9.42. The lowest BCUT2D eigenvalue weighted by Crippen LogP contribution is -2.80. The lowest BCUT2D eigenvalue weighted by atomic mass is 9.40. The zero-order valence-corrected chi connectivity index (χ0v) is 16.6. The Morgan fingerprint density at radius 3 is 2.43 bits per heavy atom. The van der Waals surface area contributed by atoms with Crippen molar-refractivity contribution in [3.8, 4) is 0 Å². The summed E-state index contributed by atoms with van der Waals surface area (Å²) < 4.78 is 5.71. The van der Waals surface area contributed by atoms with Crippen LogP contribution < -0.4 is 0 Å². The lowest BCUT2D eigenvalue weighted by molar-refractivity contribution is -0.278. The van der Waals surface area contributed by atoms with Crippen molar-refractivity contribution in [3.05, 3.63) is 35.6 Å². The number of aliphatic hydroxyl groups is 4. The van der Waals surface area contributed by atoms with Crippen molar-refractivity contribution < 1.29 is 34.8 Å². The number of carbonyl (C=O) groups excluding carboxylic acids is 2. The van der Waals surface area contributed by atoms with Gasteiger partial charge in [0.15, 0.2) is 11.6 Å². The van der Waals surface area contributed by atoms with Gasteiger partial charge in [0.25, 0.3) is 0 Å². The van der Waals surface area contributed by atoms with Crippen LogP contribution in [0.5, 0.6) is 0 Å². The van der Waals surface area contributed by atoms with Gasteiger partial charge in [-0.1, -0.05) is 18.2 Å². The summed E-state index contributed by atoms with van der Waals surface area (Å²) in [7, 11) is 0. The maximum atomic E-state index is 13.4. The molecule has 1 saturated heterocycles. The van der Waals surface area contributed by atoms with Crippen LogP contribution in [0.15, 0.2) is 35.6 Å². The van der Waals surface area contributed by atoms with E-state index in [0.717, 1.165) is 0 Å². The molecule has 7 nitrogen and oxygen atoms in total. The van der Waals surface area contributed by atoms with Gasteiger partial charge in [-0.3, -0.25) is 9.59 Å². The normalized spacial score (nSPS) is 47.8. The average molecular weight is 392 g/mol. The molecule has 28 heavy (non-hydrogen) atoms. The number of fused-ring (bicyclic) bond motifs is 2. The van der Waals surface area contributed by atoms with E-state index in [1.54, 1.807) is 26.0 Å². The zero-order chi connectivity index (χ0) is 21.1. The van der Waals surface area contributed by atoms with Crippen LogP contribution in [-0.2, 0) is 14.3 Å².